The van der Waals surface area contributed by atoms with Crippen LogP contribution in [0.25, 0.3) is 0 Å². The molecular weight excluding hydrogens is 477 g/mol. The van der Waals surface area contributed by atoms with Crippen LogP contribution in [0.5, 0.6) is 0 Å². The Labute approximate surface area is 221 Å². The summed E-state index contributed by atoms with van der Waals surface area (Å²) in [6.07, 6.45) is 4.66. The van der Waals surface area contributed by atoms with Crippen LogP contribution < -0.4 is 15.1 Å². The van der Waals surface area contributed by atoms with Crippen LogP contribution in [0.1, 0.15) is 65.4 Å². The molecule has 2 fully saturated rings. The van der Waals surface area contributed by atoms with E-state index < -0.39 is 0 Å². The van der Waals surface area contributed by atoms with Gasteiger partial charge in [0.15, 0.2) is 12.1 Å². The number of amides is 3. The van der Waals surface area contributed by atoms with Crippen LogP contribution in [0.3, 0.4) is 0 Å². The van der Waals surface area contributed by atoms with Crippen molar-refractivity contribution in [1.29, 1.82) is 0 Å². The third-order valence-electron chi connectivity index (χ3n) is 6.87. The van der Waals surface area contributed by atoms with Gasteiger partial charge in [0.2, 0.25) is 18.2 Å². The molecule has 0 aliphatic carbocycles. The lowest BCUT2D eigenvalue weighted by Crippen LogP contribution is -2.39. The van der Waals surface area contributed by atoms with E-state index in [-0.39, 0.29) is 29.8 Å². The summed E-state index contributed by atoms with van der Waals surface area (Å²) >= 11 is 0. The van der Waals surface area contributed by atoms with Crippen molar-refractivity contribution in [2.24, 2.45) is 17.8 Å². The number of carbonyl (C=O) groups is 3. The van der Waals surface area contributed by atoms with E-state index in [2.05, 4.69) is 26.1 Å². The fraction of sp³-hybridized carbons (Fsp3) is 0.679. The number of imide groups is 1. The highest BCUT2D eigenvalue weighted by Crippen LogP contribution is 2.34. The van der Waals surface area contributed by atoms with Gasteiger partial charge in [0, 0.05) is 52.6 Å². The van der Waals surface area contributed by atoms with Gasteiger partial charge in [0.25, 0.3) is 0 Å². The summed E-state index contributed by atoms with van der Waals surface area (Å²) in [5.41, 5.74) is 1.63. The van der Waals surface area contributed by atoms with Gasteiger partial charge < -0.3 is 19.3 Å². The summed E-state index contributed by atoms with van der Waals surface area (Å²) in [5, 5.41) is 2.25. The molecule has 0 bridgehead atoms. The van der Waals surface area contributed by atoms with Gasteiger partial charge in [0.05, 0.1) is 11.4 Å². The largest absolute Gasteiger partial charge is 0.369 e. The summed E-state index contributed by atoms with van der Waals surface area (Å²) in [7, 11) is 4.85. The molecule has 1 aromatic rings. The van der Waals surface area contributed by atoms with Gasteiger partial charge in [-0.05, 0) is 43.7 Å². The summed E-state index contributed by atoms with van der Waals surface area (Å²) in [6.45, 7) is 11.7. The minimum Gasteiger partial charge on any atom is -0.369 e. The molecule has 3 rings (SSSR count). The second-order valence-corrected chi connectivity index (χ2v) is 10.1. The second-order valence-electron chi connectivity index (χ2n) is 10.1. The second kappa shape index (κ2) is 16.3. The van der Waals surface area contributed by atoms with Crippen molar-refractivity contribution in [3.05, 3.63) is 23.5 Å². The Bertz CT molecular complexity index is 868. The van der Waals surface area contributed by atoms with Crippen molar-refractivity contribution < 1.29 is 28.2 Å². The first kappa shape index (κ1) is 32.5. The molecule has 1 aromatic carbocycles. The maximum atomic E-state index is 14.9. The fourth-order valence-corrected chi connectivity index (χ4v) is 4.08. The molecule has 37 heavy (non-hydrogen) atoms. The summed E-state index contributed by atoms with van der Waals surface area (Å²) in [4.78, 5) is 35.5. The van der Waals surface area contributed by atoms with Gasteiger partial charge in [-0.1, -0.05) is 40.2 Å². The average Bonchev–Trinajstić information content (AvgIpc) is 2.88. The lowest BCUT2D eigenvalue weighted by molar-refractivity contribution is -0.141. The van der Waals surface area contributed by atoms with E-state index in [1.165, 1.54) is 11.3 Å². The maximum Gasteiger partial charge on any atom is 0.229 e. The van der Waals surface area contributed by atoms with Crippen LogP contribution in [0.4, 0.5) is 15.8 Å². The van der Waals surface area contributed by atoms with E-state index >= 15 is 0 Å². The topological polar surface area (TPSA) is 88.2 Å². The minimum absolute atomic E-state index is 0.0164. The van der Waals surface area contributed by atoms with Gasteiger partial charge in [-0.15, -0.1) is 0 Å². The lowest BCUT2D eigenvalue weighted by Gasteiger charge is -2.36. The van der Waals surface area contributed by atoms with Gasteiger partial charge >= 0.3 is 0 Å². The van der Waals surface area contributed by atoms with E-state index in [1.807, 2.05) is 17.9 Å². The molecule has 2 saturated heterocycles. The fourth-order valence-electron chi connectivity index (χ4n) is 4.08. The number of methoxy groups -OCH3 is 2. The van der Waals surface area contributed by atoms with E-state index in [0.717, 1.165) is 37.4 Å². The van der Waals surface area contributed by atoms with E-state index in [9.17, 15) is 18.8 Å². The zero-order chi connectivity index (χ0) is 28.1. The SMILES string of the molecule is CC1CCC(=O)NC1=O.CCC(C)C.COC(OC)C1CCN(c2ccc(C)c(N(C)C=O)c2F)CC1. The Balaban J connectivity index is 0.000000400. The number of hydrogen-bond donors (Lipinski definition) is 1. The number of rotatable bonds is 7. The molecule has 1 N–H and O–H groups in total. The zero-order valence-corrected chi connectivity index (χ0v) is 23.8. The van der Waals surface area contributed by atoms with Crippen molar-refractivity contribution in [3.8, 4) is 0 Å². The number of nitrogens with zero attached hydrogens (tertiary/aromatic N) is 2. The monoisotopic (exact) mass is 523 g/mol. The number of aryl methyl sites for hydroxylation is 1. The van der Waals surface area contributed by atoms with E-state index in [4.69, 9.17) is 9.47 Å². The zero-order valence-electron chi connectivity index (χ0n) is 23.8. The first-order valence-electron chi connectivity index (χ1n) is 13.1. The van der Waals surface area contributed by atoms with Gasteiger partial charge in [-0.25, -0.2) is 4.39 Å². The van der Waals surface area contributed by atoms with Crippen LogP contribution in [0, 0.1) is 30.5 Å². The molecule has 0 aromatic heterocycles. The average molecular weight is 524 g/mol. The number of piperidine rings is 2. The lowest BCUT2D eigenvalue weighted by atomic mass is 9.95. The predicted octanol–water partition coefficient (Wildman–Crippen LogP) is 4.67. The Morgan fingerprint density at radius 1 is 1.16 bits per heavy atom. The molecule has 2 heterocycles. The van der Waals surface area contributed by atoms with Crippen molar-refractivity contribution >= 4 is 29.6 Å². The predicted molar refractivity (Wildman–Crippen MR) is 145 cm³/mol. The van der Waals surface area contributed by atoms with Gasteiger partial charge in [-0.2, -0.15) is 0 Å². The first-order valence-corrected chi connectivity index (χ1v) is 13.1. The van der Waals surface area contributed by atoms with Crippen LogP contribution in [-0.2, 0) is 23.9 Å². The molecular formula is C28H46FN3O5. The highest BCUT2D eigenvalue weighted by atomic mass is 19.1. The maximum absolute atomic E-state index is 14.9. The summed E-state index contributed by atoms with van der Waals surface area (Å²) in [5.74, 6) is 0.599. The number of nitrogens with one attached hydrogen (secondary N) is 1. The Morgan fingerprint density at radius 2 is 1.73 bits per heavy atom. The van der Waals surface area contributed by atoms with Crippen LogP contribution >= 0.6 is 0 Å². The summed E-state index contributed by atoms with van der Waals surface area (Å²) in [6, 6.07) is 3.64. The molecule has 2 aliphatic heterocycles. The molecule has 0 radical (unpaired) electrons. The highest BCUT2D eigenvalue weighted by molar-refractivity contribution is 5.98. The minimum atomic E-state index is -0.340. The Morgan fingerprint density at radius 3 is 2.16 bits per heavy atom. The number of halogens is 1. The van der Waals surface area contributed by atoms with E-state index in [0.29, 0.717) is 36.5 Å². The smallest absolute Gasteiger partial charge is 0.229 e. The normalized spacial score (nSPS) is 18.0. The number of anilines is 2. The van der Waals surface area contributed by atoms with Crippen LogP contribution in [0.2, 0.25) is 0 Å². The quantitative estimate of drug-likeness (QED) is 0.317. The van der Waals surface area contributed by atoms with Crippen LogP contribution in [0.15, 0.2) is 12.1 Å². The highest BCUT2D eigenvalue weighted by Gasteiger charge is 2.28. The molecule has 210 valence electrons. The molecule has 0 spiro atoms. The van der Waals surface area contributed by atoms with Crippen molar-refractivity contribution in [2.45, 2.75) is 73.0 Å². The van der Waals surface area contributed by atoms with Crippen molar-refractivity contribution in [1.82, 2.24) is 5.32 Å². The van der Waals surface area contributed by atoms with Gasteiger partial charge in [-0.3, -0.25) is 19.7 Å². The molecule has 8 nitrogen and oxygen atoms in total. The standard InChI is InChI=1S/C17H25FN2O3.C6H9NO2.C5H12/c1-12-5-6-14(15(18)16(12)19(2)11-21)20-9-7-13(8-10-20)17(22-3)23-4;1-4-2-3-5(8)7-6(4)9;1-4-5(2)3/h5-6,11,13,17H,7-10H2,1-4H3;4H,2-3H2,1H3,(H,7,8,9);5H,4H2,1-3H3. The first-order chi connectivity index (χ1) is 17.5. The Hall–Kier alpha value is -2.52. The molecule has 3 amide bonds. The van der Waals surface area contributed by atoms with Gasteiger partial charge in [0.1, 0.15) is 0 Å². The molecule has 1 atom stereocenters. The van der Waals surface area contributed by atoms with Crippen molar-refractivity contribution in [2.75, 3.05) is 44.2 Å². The molecule has 1 unspecified atom stereocenters. The van der Waals surface area contributed by atoms with E-state index in [1.54, 1.807) is 34.3 Å². The number of ether oxygens (including phenoxy) is 2. The number of carbonyl (C=O) groups excluding carboxylic acids is 3. The third-order valence-corrected chi connectivity index (χ3v) is 6.87. The number of benzene rings is 1. The molecule has 9 heteroatoms. The summed E-state index contributed by atoms with van der Waals surface area (Å²) < 4.78 is 25.5. The number of hydrogen-bond acceptors (Lipinski definition) is 6. The molecule has 2 aliphatic rings. The van der Waals surface area contributed by atoms with Crippen LogP contribution in [-0.4, -0.2) is 58.9 Å². The third kappa shape index (κ3) is 10.0. The Kier molecular flexibility index (Phi) is 14.4. The molecule has 0 saturated carbocycles. The van der Waals surface area contributed by atoms with Crippen molar-refractivity contribution in [3.63, 3.8) is 0 Å².